The van der Waals surface area contributed by atoms with Gasteiger partial charge in [0.25, 0.3) is 5.91 Å². The summed E-state index contributed by atoms with van der Waals surface area (Å²) < 4.78 is 13.8. The van der Waals surface area contributed by atoms with Crippen molar-refractivity contribution in [2.75, 3.05) is 6.54 Å². The molecule has 5 nitrogen and oxygen atoms in total. The van der Waals surface area contributed by atoms with Crippen LogP contribution in [-0.4, -0.2) is 29.4 Å². The van der Waals surface area contributed by atoms with Crippen molar-refractivity contribution in [3.05, 3.63) is 94.1 Å². The Balaban J connectivity index is 1.47. The topological polar surface area (TPSA) is 74.0 Å². The van der Waals surface area contributed by atoms with Gasteiger partial charge in [0.2, 0.25) is 5.91 Å². The number of H-pyrrole nitrogens is 1. The molecule has 0 unspecified atom stereocenters. The summed E-state index contributed by atoms with van der Waals surface area (Å²) in [5.74, 6) is -0.881. The predicted molar refractivity (Wildman–Crippen MR) is 121 cm³/mol. The number of thiophene rings is 1. The van der Waals surface area contributed by atoms with Crippen molar-refractivity contribution in [2.45, 2.75) is 18.9 Å². The molecular formula is C24H22FN3O2S. The van der Waals surface area contributed by atoms with Crippen LogP contribution in [0.5, 0.6) is 0 Å². The molecule has 0 aliphatic heterocycles. The van der Waals surface area contributed by atoms with Crippen molar-refractivity contribution >= 4 is 34.1 Å². The molecule has 0 saturated heterocycles. The molecular weight excluding hydrogens is 413 g/mol. The number of hydrogen-bond donors (Lipinski definition) is 3. The summed E-state index contributed by atoms with van der Waals surface area (Å²) in [4.78, 5) is 29.3. The fourth-order valence-electron chi connectivity index (χ4n) is 3.51. The zero-order valence-corrected chi connectivity index (χ0v) is 17.5. The molecule has 7 heteroatoms. The number of aromatic nitrogens is 1. The van der Waals surface area contributed by atoms with E-state index in [1.54, 1.807) is 30.3 Å². The van der Waals surface area contributed by atoms with Crippen molar-refractivity contribution in [3.8, 4) is 0 Å². The van der Waals surface area contributed by atoms with Crippen LogP contribution in [0.2, 0.25) is 0 Å². The average molecular weight is 436 g/mol. The number of hydrogen-bond acceptors (Lipinski definition) is 3. The lowest BCUT2D eigenvalue weighted by Gasteiger charge is -2.18. The van der Waals surface area contributed by atoms with Crippen LogP contribution in [0.3, 0.4) is 0 Å². The zero-order chi connectivity index (χ0) is 21.6. The first-order valence-electron chi connectivity index (χ1n) is 10.0. The summed E-state index contributed by atoms with van der Waals surface area (Å²) in [6, 6.07) is 17.1. The molecule has 2 aromatic heterocycles. The van der Waals surface area contributed by atoms with Gasteiger partial charge in [0.15, 0.2) is 0 Å². The minimum absolute atomic E-state index is 0.277. The SMILES string of the molecule is O=C(N[C@@H](Cc1c[nH]c2ccccc12)C(=O)NCCc1ccccc1F)c1cccs1. The van der Waals surface area contributed by atoms with Gasteiger partial charge in [-0.3, -0.25) is 9.59 Å². The lowest BCUT2D eigenvalue weighted by atomic mass is 10.0. The number of para-hydroxylation sites is 1. The minimum Gasteiger partial charge on any atom is -0.361 e. The van der Waals surface area contributed by atoms with E-state index >= 15 is 0 Å². The van der Waals surface area contributed by atoms with E-state index in [1.807, 2.05) is 35.8 Å². The van der Waals surface area contributed by atoms with E-state index in [-0.39, 0.29) is 24.2 Å². The van der Waals surface area contributed by atoms with Crippen LogP contribution in [-0.2, 0) is 17.6 Å². The van der Waals surface area contributed by atoms with E-state index in [4.69, 9.17) is 0 Å². The Kier molecular flexibility index (Phi) is 6.43. The number of carbonyl (C=O) groups is 2. The Bertz CT molecular complexity index is 1190. The second-order valence-electron chi connectivity index (χ2n) is 7.20. The van der Waals surface area contributed by atoms with Gasteiger partial charge in [-0.1, -0.05) is 42.5 Å². The van der Waals surface area contributed by atoms with E-state index in [0.717, 1.165) is 16.5 Å². The van der Waals surface area contributed by atoms with E-state index in [0.29, 0.717) is 23.3 Å². The summed E-state index contributed by atoms with van der Waals surface area (Å²) in [6.45, 7) is 0.277. The highest BCUT2D eigenvalue weighted by Crippen LogP contribution is 2.19. The second-order valence-corrected chi connectivity index (χ2v) is 8.15. The van der Waals surface area contributed by atoms with Crippen LogP contribution < -0.4 is 10.6 Å². The molecule has 4 aromatic rings. The Morgan fingerprint density at radius 2 is 1.81 bits per heavy atom. The van der Waals surface area contributed by atoms with Gasteiger partial charge in [-0.25, -0.2) is 4.39 Å². The largest absolute Gasteiger partial charge is 0.361 e. The molecule has 1 atom stereocenters. The summed E-state index contributed by atoms with van der Waals surface area (Å²) in [6.07, 6.45) is 2.57. The molecule has 0 radical (unpaired) electrons. The monoisotopic (exact) mass is 435 g/mol. The van der Waals surface area contributed by atoms with Crippen molar-refractivity contribution in [3.63, 3.8) is 0 Å². The summed E-state index contributed by atoms with van der Waals surface area (Å²) >= 11 is 1.32. The van der Waals surface area contributed by atoms with Crippen LogP contribution in [0, 0.1) is 5.82 Å². The van der Waals surface area contributed by atoms with Crippen molar-refractivity contribution in [2.24, 2.45) is 0 Å². The molecule has 0 aliphatic carbocycles. The van der Waals surface area contributed by atoms with Gasteiger partial charge in [-0.15, -0.1) is 11.3 Å². The van der Waals surface area contributed by atoms with E-state index in [2.05, 4.69) is 15.6 Å². The molecule has 3 N–H and O–H groups in total. The molecule has 31 heavy (non-hydrogen) atoms. The minimum atomic E-state index is -0.755. The molecule has 0 aliphatic rings. The molecule has 2 aromatic carbocycles. The van der Waals surface area contributed by atoms with Crippen LogP contribution in [0.1, 0.15) is 20.8 Å². The van der Waals surface area contributed by atoms with E-state index < -0.39 is 6.04 Å². The lowest BCUT2D eigenvalue weighted by Crippen LogP contribution is -2.48. The Labute approximate surface area is 183 Å². The number of nitrogens with one attached hydrogen (secondary N) is 3. The average Bonchev–Trinajstić information content (AvgIpc) is 3.45. The van der Waals surface area contributed by atoms with Crippen LogP contribution in [0.4, 0.5) is 4.39 Å². The highest BCUT2D eigenvalue weighted by atomic mass is 32.1. The third-order valence-electron chi connectivity index (χ3n) is 5.12. The van der Waals surface area contributed by atoms with Gasteiger partial charge < -0.3 is 15.6 Å². The molecule has 2 heterocycles. The number of carbonyl (C=O) groups excluding carboxylic acids is 2. The Morgan fingerprint density at radius 1 is 1.00 bits per heavy atom. The zero-order valence-electron chi connectivity index (χ0n) is 16.7. The Hall–Kier alpha value is -3.45. The maximum atomic E-state index is 13.8. The number of benzene rings is 2. The maximum Gasteiger partial charge on any atom is 0.262 e. The van der Waals surface area contributed by atoms with Crippen LogP contribution >= 0.6 is 11.3 Å². The quantitative estimate of drug-likeness (QED) is 0.390. The smallest absolute Gasteiger partial charge is 0.262 e. The molecule has 0 bridgehead atoms. The number of rotatable bonds is 8. The predicted octanol–water partition coefficient (Wildman–Crippen LogP) is 4.07. The summed E-state index contributed by atoms with van der Waals surface area (Å²) in [5, 5.41) is 8.52. The molecule has 4 rings (SSSR count). The third kappa shape index (κ3) is 5.00. The van der Waals surface area contributed by atoms with Gasteiger partial charge in [0.1, 0.15) is 11.9 Å². The lowest BCUT2D eigenvalue weighted by molar-refractivity contribution is -0.122. The molecule has 0 fully saturated rings. The maximum absolute atomic E-state index is 13.8. The molecule has 0 saturated carbocycles. The van der Waals surface area contributed by atoms with Gasteiger partial charge >= 0.3 is 0 Å². The third-order valence-corrected chi connectivity index (χ3v) is 5.99. The van der Waals surface area contributed by atoms with Crippen LogP contribution in [0.15, 0.2) is 72.2 Å². The molecule has 158 valence electrons. The van der Waals surface area contributed by atoms with Gasteiger partial charge in [-0.2, -0.15) is 0 Å². The van der Waals surface area contributed by atoms with E-state index in [9.17, 15) is 14.0 Å². The first-order chi connectivity index (χ1) is 15.1. The fourth-order valence-corrected chi connectivity index (χ4v) is 4.14. The Morgan fingerprint density at radius 3 is 2.61 bits per heavy atom. The van der Waals surface area contributed by atoms with Gasteiger partial charge in [0.05, 0.1) is 4.88 Å². The fraction of sp³-hybridized carbons (Fsp3) is 0.167. The second kappa shape index (κ2) is 9.57. The van der Waals surface area contributed by atoms with Crippen molar-refractivity contribution in [1.29, 1.82) is 0 Å². The number of amides is 2. The highest BCUT2D eigenvalue weighted by molar-refractivity contribution is 7.12. The van der Waals surface area contributed by atoms with Crippen LogP contribution in [0.25, 0.3) is 10.9 Å². The number of aromatic amines is 1. The normalized spacial score (nSPS) is 11.9. The number of fused-ring (bicyclic) bond motifs is 1. The molecule has 2 amide bonds. The number of halogens is 1. The first kappa shape index (κ1) is 20.8. The van der Waals surface area contributed by atoms with Crippen molar-refractivity contribution < 1.29 is 14.0 Å². The summed E-state index contributed by atoms with van der Waals surface area (Å²) in [7, 11) is 0. The standard InChI is InChI=1S/C24H22FN3O2S/c25-19-8-3-1-6-16(19)11-12-26-23(29)21(28-24(30)22-10-5-13-31-22)14-17-15-27-20-9-4-2-7-18(17)20/h1-10,13,15,21,27H,11-12,14H2,(H,26,29)(H,28,30)/t21-/m0/s1. The van der Waals surface area contributed by atoms with E-state index in [1.165, 1.54) is 17.4 Å². The van der Waals surface area contributed by atoms with Gasteiger partial charge in [0, 0.05) is 30.1 Å². The van der Waals surface area contributed by atoms with Gasteiger partial charge in [-0.05, 0) is 41.1 Å². The molecule has 0 spiro atoms. The highest BCUT2D eigenvalue weighted by Gasteiger charge is 2.23. The first-order valence-corrected chi connectivity index (χ1v) is 10.9. The van der Waals surface area contributed by atoms with Crippen molar-refractivity contribution in [1.82, 2.24) is 15.6 Å². The summed E-state index contributed by atoms with van der Waals surface area (Å²) in [5.41, 5.74) is 2.45.